The summed E-state index contributed by atoms with van der Waals surface area (Å²) in [4.78, 5) is 17.1. The van der Waals surface area contributed by atoms with Gasteiger partial charge in [0.1, 0.15) is 0 Å². The normalized spacial score (nSPS) is 22.9. The van der Waals surface area contributed by atoms with Gasteiger partial charge in [-0.15, -0.1) is 0 Å². The summed E-state index contributed by atoms with van der Waals surface area (Å²) >= 11 is 0. The molecule has 0 aromatic heterocycles. The van der Waals surface area contributed by atoms with Crippen LogP contribution in [0.2, 0.25) is 0 Å². The molecule has 0 radical (unpaired) electrons. The zero-order chi connectivity index (χ0) is 17.6. The Morgan fingerprint density at radius 2 is 1.88 bits per heavy atom. The number of aryl methyl sites for hydroxylation is 1. The van der Waals surface area contributed by atoms with Crippen molar-refractivity contribution < 1.29 is 4.79 Å². The van der Waals surface area contributed by atoms with Crippen molar-refractivity contribution in [3.63, 3.8) is 0 Å². The molecule has 2 amide bonds. The first-order valence-electron chi connectivity index (χ1n) is 9.60. The summed E-state index contributed by atoms with van der Waals surface area (Å²) in [5.74, 6) is 0.587. The van der Waals surface area contributed by atoms with E-state index in [9.17, 15) is 4.79 Å². The van der Waals surface area contributed by atoms with Crippen molar-refractivity contribution in [1.29, 1.82) is 0 Å². The third kappa shape index (κ3) is 5.19. The van der Waals surface area contributed by atoms with E-state index in [1.807, 2.05) is 12.1 Å². The molecule has 138 valence electrons. The lowest BCUT2D eigenvalue weighted by molar-refractivity contribution is 0.140. The Balaban J connectivity index is 1.35. The van der Waals surface area contributed by atoms with Crippen LogP contribution < -0.4 is 10.6 Å². The van der Waals surface area contributed by atoms with Gasteiger partial charge in [0.25, 0.3) is 0 Å². The highest BCUT2D eigenvalue weighted by atomic mass is 16.2. The average Bonchev–Trinajstić information content (AvgIpc) is 3.09. The number of rotatable bonds is 5. The molecule has 2 fully saturated rings. The first-order valence-corrected chi connectivity index (χ1v) is 9.60. The van der Waals surface area contributed by atoms with Crippen molar-refractivity contribution in [3.8, 4) is 0 Å². The second-order valence-electron chi connectivity index (χ2n) is 7.67. The zero-order valence-corrected chi connectivity index (χ0v) is 15.6. The van der Waals surface area contributed by atoms with Gasteiger partial charge in [0, 0.05) is 25.7 Å². The molecular weight excluding hydrogens is 312 g/mol. The number of likely N-dealkylation sites (tertiary alicyclic amines) is 2. The molecule has 1 aromatic carbocycles. The Morgan fingerprint density at radius 3 is 2.64 bits per heavy atom. The number of urea groups is 1. The van der Waals surface area contributed by atoms with E-state index in [1.165, 1.54) is 50.0 Å². The van der Waals surface area contributed by atoms with Crippen LogP contribution in [0.25, 0.3) is 0 Å². The summed E-state index contributed by atoms with van der Waals surface area (Å²) in [5, 5.41) is 6.03. The van der Waals surface area contributed by atoms with Crippen molar-refractivity contribution >= 4 is 6.03 Å². The Hall–Kier alpha value is -1.59. The molecule has 2 aliphatic rings. The van der Waals surface area contributed by atoms with Gasteiger partial charge in [0.2, 0.25) is 0 Å². The minimum Gasteiger partial charge on any atom is -0.338 e. The number of amides is 2. The van der Waals surface area contributed by atoms with Crippen molar-refractivity contribution in [3.05, 3.63) is 35.4 Å². The summed E-state index contributed by atoms with van der Waals surface area (Å²) in [7, 11) is 2.21. The van der Waals surface area contributed by atoms with Crippen LogP contribution in [-0.2, 0) is 6.54 Å². The highest BCUT2D eigenvalue weighted by Crippen LogP contribution is 2.23. The SMILES string of the molecule is Cc1ccccc1CNC(=O)NCC1CCN(C2CCN(C)CC2)C1. The predicted molar refractivity (Wildman–Crippen MR) is 102 cm³/mol. The van der Waals surface area contributed by atoms with Gasteiger partial charge in [-0.3, -0.25) is 4.90 Å². The smallest absolute Gasteiger partial charge is 0.315 e. The predicted octanol–water partition coefficient (Wildman–Crippen LogP) is 2.21. The molecule has 0 spiro atoms. The maximum Gasteiger partial charge on any atom is 0.315 e. The monoisotopic (exact) mass is 344 g/mol. The number of hydrogen-bond donors (Lipinski definition) is 2. The Bertz CT molecular complexity index is 569. The lowest BCUT2D eigenvalue weighted by Gasteiger charge is -2.35. The number of benzene rings is 1. The van der Waals surface area contributed by atoms with Crippen molar-refractivity contribution in [2.75, 3.05) is 39.8 Å². The first-order chi connectivity index (χ1) is 12.1. The lowest BCUT2D eigenvalue weighted by Crippen LogP contribution is -2.43. The third-order valence-electron chi connectivity index (χ3n) is 5.77. The average molecular weight is 345 g/mol. The third-order valence-corrected chi connectivity index (χ3v) is 5.77. The quantitative estimate of drug-likeness (QED) is 0.861. The van der Waals surface area contributed by atoms with Gasteiger partial charge in [0.05, 0.1) is 0 Å². The fourth-order valence-electron chi connectivity index (χ4n) is 4.00. The lowest BCUT2D eigenvalue weighted by atomic mass is 10.0. The molecule has 2 N–H and O–H groups in total. The summed E-state index contributed by atoms with van der Waals surface area (Å²) < 4.78 is 0. The molecule has 3 rings (SSSR count). The van der Waals surface area contributed by atoms with E-state index in [2.05, 4.69) is 46.5 Å². The molecule has 1 unspecified atom stereocenters. The van der Waals surface area contributed by atoms with E-state index >= 15 is 0 Å². The van der Waals surface area contributed by atoms with Crippen LogP contribution in [0.5, 0.6) is 0 Å². The van der Waals surface area contributed by atoms with Gasteiger partial charge in [0.15, 0.2) is 0 Å². The molecule has 5 heteroatoms. The first kappa shape index (κ1) is 18.2. The number of nitrogens with zero attached hydrogens (tertiary/aromatic N) is 2. The summed E-state index contributed by atoms with van der Waals surface area (Å²) in [6.07, 6.45) is 3.77. The van der Waals surface area contributed by atoms with Crippen LogP contribution in [0, 0.1) is 12.8 Å². The van der Waals surface area contributed by atoms with Gasteiger partial charge >= 0.3 is 6.03 Å². The highest BCUT2D eigenvalue weighted by Gasteiger charge is 2.30. The Morgan fingerprint density at radius 1 is 1.12 bits per heavy atom. The van der Waals surface area contributed by atoms with Gasteiger partial charge in [-0.05, 0) is 69.9 Å². The van der Waals surface area contributed by atoms with E-state index < -0.39 is 0 Å². The fraction of sp³-hybridized carbons (Fsp3) is 0.650. The van der Waals surface area contributed by atoms with Gasteiger partial charge in [-0.2, -0.15) is 0 Å². The molecule has 0 saturated carbocycles. The molecular formula is C20H32N4O. The second-order valence-corrected chi connectivity index (χ2v) is 7.67. The minimum absolute atomic E-state index is 0.0546. The van der Waals surface area contributed by atoms with Crippen LogP contribution in [0.1, 0.15) is 30.4 Å². The van der Waals surface area contributed by atoms with E-state index in [-0.39, 0.29) is 6.03 Å². The summed E-state index contributed by atoms with van der Waals surface area (Å²) in [5.41, 5.74) is 2.39. The van der Waals surface area contributed by atoms with Gasteiger partial charge in [-0.1, -0.05) is 24.3 Å². The molecule has 5 nitrogen and oxygen atoms in total. The molecule has 0 aliphatic carbocycles. The van der Waals surface area contributed by atoms with Crippen LogP contribution >= 0.6 is 0 Å². The van der Waals surface area contributed by atoms with Crippen LogP contribution in [-0.4, -0.2) is 61.6 Å². The number of carbonyl (C=O) groups excluding carboxylic acids is 1. The highest BCUT2D eigenvalue weighted by molar-refractivity contribution is 5.73. The Kier molecular flexibility index (Phi) is 6.32. The molecule has 1 atom stereocenters. The number of nitrogens with one attached hydrogen (secondary N) is 2. The number of piperidine rings is 1. The summed E-state index contributed by atoms with van der Waals surface area (Å²) in [6, 6.07) is 8.86. The van der Waals surface area contributed by atoms with Crippen molar-refractivity contribution in [2.24, 2.45) is 5.92 Å². The van der Waals surface area contributed by atoms with Crippen LogP contribution in [0.4, 0.5) is 4.79 Å². The maximum absolute atomic E-state index is 12.1. The zero-order valence-electron chi connectivity index (χ0n) is 15.6. The van der Waals surface area contributed by atoms with Crippen molar-refractivity contribution in [1.82, 2.24) is 20.4 Å². The summed E-state index contributed by atoms with van der Waals surface area (Å²) in [6.45, 7) is 8.19. The molecule has 2 heterocycles. The minimum atomic E-state index is -0.0546. The number of carbonyl (C=O) groups is 1. The van der Waals surface area contributed by atoms with Gasteiger partial charge in [-0.25, -0.2) is 4.79 Å². The largest absolute Gasteiger partial charge is 0.338 e. The van der Waals surface area contributed by atoms with E-state index in [4.69, 9.17) is 0 Å². The van der Waals surface area contributed by atoms with E-state index in [1.54, 1.807) is 0 Å². The van der Waals surface area contributed by atoms with E-state index in [0.717, 1.165) is 19.1 Å². The van der Waals surface area contributed by atoms with Crippen molar-refractivity contribution in [2.45, 2.75) is 38.8 Å². The topological polar surface area (TPSA) is 47.6 Å². The standard InChI is InChI=1S/C20H32N4O/c1-16-5-3-4-6-18(16)14-22-20(25)21-13-17-7-12-24(15-17)19-8-10-23(2)11-9-19/h3-6,17,19H,7-15H2,1-2H3,(H2,21,22,25). The molecule has 2 aliphatic heterocycles. The fourth-order valence-corrected chi connectivity index (χ4v) is 4.00. The Labute approximate surface area is 151 Å². The molecule has 0 bridgehead atoms. The van der Waals surface area contributed by atoms with Crippen LogP contribution in [0.3, 0.4) is 0 Å². The number of hydrogen-bond acceptors (Lipinski definition) is 3. The second kappa shape index (κ2) is 8.68. The molecule has 2 saturated heterocycles. The van der Waals surface area contributed by atoms with E-state index in [0.29, 0.717) is 12.5 Å². The maximum atomic E-state index is 12.1. The molecule has 1 aromatic rings. The molecule has 25 heavy (non-hydrogen) atoms. The van der Waals surface area contributed by atoms with Gasteiger partial charge < -0.3 is 15.5 Å². The van der Waals surface area contributed by atoms with Crippen LogP contribution in [0.15, 0.2) is 24.3 Å².